The first-order chi connectivity index (χ1) is 22.2. The van der Waals surface area contributed by atoms with E-state index in [0.29, 0.717) is 24.6 Å². The average Bonchev–Trinajstić information content (AvgIpc) is 3.79. The topological polar surface area (TPSA) is 238 Å². The lowest BCUT2D eigenvalue weighted by atomic mass is 9.97. The highest BCUT2D eigenvalue weighted by molar-refractivity contribution is 5.52. The molecule has 6 rings (SSSR count). The zero-order chi connectivity index (χ0) is 33.1. The second-order valence-corrected chi connectivity index (χ2v) is 10.4. The zero-order valence-electron chi connectivity index (χ0n) is 25.4. The maximum atomic E-state index is 14.7. The van der Waals surface area contributed by atoms with E-state index in [4.69, 9.17) is 35.3 Å². The van der Waals surface area contributed by atoms with Crippen LogP contribution < -0.4 is 15.2 Å². The van der Waals surface area contributed by atoms with Gasteiger partial charge in [0.05, 0.1) is 49.7 Å². The third kappa shape index (κ3) is 6.04. The number of aliphatic hydroxyl groups excluding tert-OH is 2. The largest absolute Gasteiger partial charge is 0.475 e. The molecule has 8 atom stereocenters. The van der Waals surface area contributed by atoms with Crippen LogP contribution in [0.15, 0.2) is 17.5 Å². The Morgan fingerprint density at radius 2 is 1.52 bits per heavy atom. The maximum Gasteiger partial charge on any atom is 0.263 e. The van der Waals surface area contributed by atoms with Crippen LogP contribution in [0.4, 0.5) is 20.7 Å². The van der Waals surface area contributed by atoms with Gasteiger partial charge in [0, 0.05) is 10.8 Å². The Hall–Kier alpha value is -4.49. The minimum atomic E-state index is -1.72. The number of fused-ring (bicyclic) bond motifs is 2. The number of nitrogen functional groups attached to an aromatic ring is 1. The van der Waals surface area contributed by atoms with Gasteiger partial charge in [0.2, 0.25) is 23.2 Å². The smallest absolute Gasteiger partial charge is 0.263 e. The summed E-state index contributed by atoms with van der Waals surface area (Å²) in [4.78, 5) is 19.0. The summed E-state index contributed by atoms with van der Waals surface area (Å²) in [6, 6.07) is 0. The number of hydrogen-bond donors (Lipinski definition) is 3. The maximum absolute atomic E-state index is 14.7. The summed E-state index contributed by atoms with van der Waals surface area (Å²) in [6.07, 6.45) is -3.83. The minimum absolute atomic E-state index is 0.0668. The van der Waals surface area contributed by atoms with E-state index in [2.05, 4.69) is 40.2 Å². The minimum Gasteiger partial charge on any atom is -0.475 e. The van der Waals surface area contributed by atoms with Crippen molar-refractivity contribution in [3.8, 4) is 11.8 Å². The Bertz CT molecular complexity index is 1720. The third-order valence-electron chi connectivity index (χ3n) is 7.60. The van der Waals surface area contributed by atoms with Crippen LogP contribution in [0, 0.1) is 5.92 Å². The van der Waals surface area contributed by atoms with Gasteiger partial charge in [0.25, 0.3) is 11.8 Å². The lowest BCUT2D eigenvalue weighted by Crippen LogP contribution is -2.30. The molecule has 2 aliphatic heterocycles. The van der Waals surface area contributed by atoms with Crippen molar-refractivity contribution >= 4 is 23.2 Å². The molecule has 2 aliphatic rings. The van der Waals surface area contributed by atoms with Crippen LogP contribution in [0.2, 0.25) is 0 Å². The molecule has 0 saturated carbocycles. The van der Waals surface area contributed by atoms with E-state index in [0.717, 1.165) is 6.42 Å². The number of aromatic nitrogens is 8. The van der Waals surface area contributed by atoms with E-state index >= 15 is 0 Å². The molecule has 0 spiro atoms. The molecule has 0 aliphatic carbocycles. The fraction of sp³-hybridized carbons (Fsp3) is 0.615. The molecule has 18 nitrogen and oxygen atoms in total. The van der Waals surface area contributed by atoms with Crippen molar-refractivity contribution in [1.29, 1.82) is 0 Å². The molecule has 0 radical (unpaired) electrons. The Morgan fingerprint density at radius 3 is 2.04 bits per heavy atom. The summed E-state index contributed by atoms with van der Waals surface area (Å²) in [6.45, 7) is 7.57. The van der Waals surface area contributed by atoms with Crippen molar-refractivity contribution < 1.29 is 37.9 Å². The van der Waals surface area contributed by atoms with Crippen LogP contribution in [-0.2, 0) is 9.47 Å². The van der Waals surface area contributed by atoms with Crippen LogP contribution in [0.25, 0.3) is 21.7 Å². The van der Waals surface area contributed by atoms with E-state index in [9.17, 15) is 13.9 Å². The van der Waals surface area contributed by atoms with Crippen LogP contribution in [0.1, 0.15) is 57.7 Å². The highest BCUT2D eigenvalue weighted by Gasteiger charge is 2.46. The molecule has 2 saturated heterocycles. The van der Waals surface area contributed by atoms with Gasteiger partial charge in [0.1, 0.15) is 30.6 Å². The molecule has 4 N–H and O–H groups in total. The second-order valence-electron chi connectivity index (χ2n) is 10.4. The number of alkyl halides is 2. The lowest BCUT2D eigenvalue weighted by molar-refractivity contribution is -0.0241. The number of nitrogens with two attached hydrogens (primary N) is 1. The lowest BCUT2D eigenvalue weighted by Gasteiger charge is -2.13. The van der Waals surface area contributed by atoms with Crippen LogP contribution >= 0.6 is 0 Å². The summed E-state index contributed by atoms with van der Waals surface area (Å²) >= 11 is 0. The molecule has 0 bridgehead atoms. The molecule has 2 fully saturated rings. The summed E-state index contributed by atoms with van der Waals surface area (Å²) in [5.74, 6) is -0.0667. The number of imidazole rings is 2. The fourth-order valence-corrected chi connectivity index (χ4v) is 5.37. The SMILES string of the molecule is CCOc1nc(N)nn2c([C@@H]3O[C@H](CO)[C@@H](O)[C@H]3F)cnc12.CCOc1nc(N=[N+]=[N-])nn2c([C@@H]3O[C@H](CC)[C@@H](C)[C@H]3F)cnc12. The van der Waals surface area contributed by atoms with Crippen LogP contribution in [0.3, 0.4) is 0 Å². The van der Waals surface area contributed by atoms with Gasteiger partial charge in [-0.3, -0.25) is 0 Å². The molecule has 6 heterocycles. The van der Waals surface area contributed by atoms with E-state index in [1.54, 1.807) is 13.8 Å². The van der Waals surface area contributed by atoms with Gasteiger partial charge in [0.15, 0.2) is 6.17 Å². The number of azide groups is 1. The molecule has 0 amide bonds. The van der Waals surface area contributed by atoms with Crippen molar-refractivity contribution in [2.24, 2.45) is 11.0 Å². The molecule has 4 aromatic rings. The summed E-state index contributed by atoms with van der Waals surface area (Å²) in [5, 5.41) is 30.3. The van der Waals surface area contributed by atoms with Crippen molar-refractivity contribution in [1.82, 2.24) is 39.2 Å². The molecule has 20 heteroatoms. The first kappa shape index (κ1) is 32.9. The average molecular weight is 649 g/mol. The molecular formula is C26H34F2N12O6. The van der Waals surface area contributed by atoms with Crippen LogP contribution in [0.5, 0.6) is 11.8 Å². The summed E-state index contributed by atoms with van der Waals surface area (Å²) < 4.78 is 53.5. The van der Waals surface area contributed by atoms with Crippen molar-refractivity contribution in [2.75, 3.05) is 25.6 Å². The Balaban J connectivity index is 0.000000182. The zero-order valence-corrected chi connectivity index (χ0v) is 25.4. The van der Waals surface area contributed by atoms with Gasteiger partial charge in [-0.25, -0.2) is 27.8 Å². The van der Waals surface area contributed by atoms with E-state index in [-0.39, 0.29) is 47.0 Å². The van der Waals surface area contributed by atoms with Crippen molar-refractivity contribution in [3.63, 3.8) is 0 Å². The fourth-order valence-electron chi connectivity index (χ4n) is 5.37. The predicted molar refractivity (Wildman–Crippen MR) is 155 cm³/mol. The van der Waals surface area contributed by atoms with Crippen LogP contribution in [-0.4, -0.2) is 99.9 Å². The standard InChI is InChI=1S/C14H18FN7O2.C12H16FN5O4/c1-4-9-7(3)10(15)11(24-9)8-6-17-12-13(23-5-2)18-14(19-21-16)20-22(8)12;1-2-21-11-10-15-3-5(18(10)17-12(14)16-11)9-7(13)8(20)6(4-19)22-9/h6-7,9-11H,4-5H2,1-3H3;3,6-9,19-20H,2,4H2,1H3,(H2,14,17)/t7-,9-,10-,11+;6-,7-,8-,9+/m11/s1. The van der Waals surface area contributed by atoms with Gasteiger partial charge in [-0.1, -0.05) is 13.8 Å². The molecule has 248 valence electrons. The van der Waals surface area contributed by atoms with E-state index < -0.39 is 43.4 Å². The quantitative estimate of drug-likeness (QED) is 0.134. The Morgan fingerprint density at radius 1 is 0.957 bits per heavy atom. The molecule has 0 aromatic carbocycles. The monoisotopic (exact) mass is 648 g/mol. The first-order valence-electron chi connectivity index (χ1n) is 14.6. The third-order valence-corrected chi connectivity index (χ3v) is 7.60. The summed E-state index contributed by atoms with van der Waals surface area (Å²) in [7, 11) is 0. The molecular weight excluding hydrogens is 614 g/mol. The van der Waals surface area contributed by atoms with Gasteiger partial charge >= 0.3 is 0 Å². The van der Waals surface area contributed by atoms with Gasteiger partial charge in [-0.05, 0) is 30.9 Å². The number of anilines is 1. The summed E-state index contributed by atoms with van der Waals surface area (Å²) in [5.41, 5.74) is 15.5. The number of hydrogen-bond acceptors (Lipinski definition) is 14. The van der Waals surface area contributed by atoms with E-state index in [1.807, 2.05) is 13.8 Å². The number of rotatable bonds is 9. The normalized spacial score (nSPS) is 27.4. The Labute approximate surface area is 260 Å². The number of nitrogens with zero attached hydrogens (tertiary/aromatic N) is 11. The van der Waals surface area contributed by atoms with Gasteiger partial charge in [-0.2, -0.15) is 9.97 Å². The molecule has 4 aromatic heterocycles. The molecule has 46 heavy (non-hydrogen) atoms. The van der Waals surface area contributed by atoms with Gasteiger partial charge < -0.3 is 34.9 Å². The second kappa shape index (κ2) is 13.9. The number of aliphatic hydroxyl groups is 2. The van der Waals surface area contributed by atoms with Crippen molar-refractivity contribution in [2.45, 2.75) is 77.0 Å². The highest BCUT2D eigenvalue weighted by Crippen LogP contribution is 2.41. The first-order valence-corrected chi connectivity index (χ1v) is 14.6. The number of halogens is 2. The molecule has 0 unspecified atom stereocenters. The Kier molecular flexibility index (Phi) is 9.92. The predicted octanol–water partition coefficient (Wildman–Crippen LogP) is 2.53. The number of ether oxygens (including phenoxy) is 4. The van der Waals surface area contributed by atoms with Crippen molar-refractivity contribution in [3.05, 3.63) is 34.2 Å². The highest BCUT2D eigenvalue weighted by atomic mass is 19.1. The van der Waals surface area contributed by atoms with E-state index in [1.165, 1.54) is 21.4 Å². The van der Waals surface area contributed by atoms with Gasteiger partial charge in [-0.15, -0.1) is 10.2 Å².